The van der Waals surface area contributed by atoms with E-state index >= 15 is 0 Å². The van der Waals surface area contributed by atoms with Crippen molar-refractivity contribution in [1.82, 2.24) is 9.47 Å². The first-order valence-electron chi connectivity index (χ1n) is 8.96. The second-order valence-electron chi connectivity index (χ2n) is 6.60. The van der Waals surface area contributed by atoms with Gasteiger partial charge in [-0.05, 0) is 32.4 Å². The highest BCUT2D eigenvalue weighted by atomic mass is 16.2. The molecule has 0 aliphatic rings. The van der Waals surface area contributed by atoms with Gasteiger partial charge < -0.3 is 9.47 Å². The van der Waals surface area contributed by atoms with E-state index in [4.69, 9.17) is 0 Å². The van der Waals surface area contributed by atoms with Gasteiger partial charge in [-0.3, -0.25) is 4.79 Å². The summed E-state index contributed by atoms with van der Waals surface area (Å²) in [5.74, 6) is 0.296. The number of unbranched alkanes of at least 4 members (excludes halogenated alkanes) is 6. The average molecular weight is 306 g/mol. The summed E-state index contributed by atoms with van der Waals surface area (Å²) in [7, 11) is 2.04. The number of hydrogen-bond acceptors (Lipinski definition) is 1. The molecule has 0 fully saturated rings. The van der Waals surface area contributed by atoms with Crippen LogP contribution in [0.1, 0.15) is 77.8 Å². The van der Waals surface area contributed by atoms with Crippen molar-refractivity contribution in [3.63, 3.8) is 0 Å². The van der Waals surface area contributed by atoms with E-state index in [-0.39, 0.29) is 6.04 Å². The van der Waals surface area contributed by atoms with Gasteiger partial charge in [-0.15, -0.1) is 0 Å². The molecule has 22 heavy (non-hydrogen) atoms. The summed E-state index contributed by atoms with van der Waals surface area (Å²) in [4.78, 5) is 14.5. The zero-order chi connectivity index (χ0) is 16.4. The Kier molecular flexibility index (Phi) is 8.95. The minimum absolute atomic E-state index is 0.256. The monoisotopic (exact) mass is 306 g/mol. The molecule has 0 unspecified atom stereocenters. The van der Waals surface area contributed by atoms with E-state index in [2.05, 4.69) is 31.4 Å². The van der Waals surface area contributed by atoms with E-state index in [1.54, 1.807) is 0 Å². The largest absolute Gasteiger partial charge is 0.353 e. The predicted octanol–water partition coefficient (Wildman–Crippen LogP) is 4.90. The van der Waals surface area contributed by atoms with Crippen LogP contribution in [0, 0.1) is 0 Å². The van der Waals surface area contributed by atoms with Crippen LogP contribution in [0.2, 0.25) is 0 Å². The van der Waals surface area contributed by atoms with Crippen LogP contribution in [0.3, 0.4) is 0 Å². The fraction of sp³-hybridized carbons (Fsp3) is 0.737. The number of carbonyl (C=O) groups is 1. The number of rotatable bonds is 11. The molecule has 1 aromatic rings. The molecule has 0 bridgehead atoms. The van der Waals surface area contributed by atoms with E-state index in [0.717, 1.165) is 13.0 Å². The lowest BCUT2D eigenvalue weighted by molar-refractivity contribution is -0.133. The van der Waals surface area contributed by atoms with Crippen LogP contribution in [0.5, 0.6) is 0 Å². The molecule has 1 amide bonds. The smallest absolute Gasteiger partial charge is 0.223 e. The van der Waals surface area contributed by atoms with Gasteiger partial charge in [0.25, 0.3) is 0 Å². The molecular weight excluding hydrogens is 272 g/mol. The number of carbonyl (C=O) groups excluding carboxylic acids is 1. The van der Waals surface area contributed by atoms with Crippen LogP contribution >= 0.6 is 0 Å². The SMILES string of the molecule is CCCCCCCCCC(=O)N(Cc1cccn1C)C(C)C. The van der Waals surface area contributed by atoms with Gasteiger partial charge in [0.15, 0.2) is 0 Å². The number of nitrogens with zero attached hydrogens (tertiary/aromatic N) is 2. The highest BCUT2D eigenvalue weighted by Crippen LogP contribution is 2.13. The van der Waals surface area contributed by atoms with Crippen LogP contribution in [0.25, 0.3) is 0 Å². The molecular formula is C19H34N2O. The summed E-state index contributed by atoms with van der Waals surface area (Å²) in [6.45, 7) is 7.17. The molecule has 0 N–H and O–H groups in total. The lowest BCUT2D eigenvalue weighted by Gasteiger charge is -2.27. The van der Waals surface area contributed by atoms with Gasteiger partial charge in [-0.2, -0.15) is 0 Å². The standard InChI is InChI=1S/C19H34N2O/c1-5-6-7-8-9-10-11-14-19(22)21(17(2)3)16-18-13-12-15-20(18)4/h12-13,15,17H,5-11,14,16H2,1-4H3. The van der Waals surface area contributed by atoms with E-state index in [9.17, 15) is 4.79 Å². The molecule has 0 saturated heterocycles. The Balaban J connectivity index is 2.32. The van der Waals surface area contributed by atoms with Gasteiger partial charge in [0.1, 0.15) is 0 Å². The maximum Gasteiger partial charge on any atom is 0.223 e. The summed E-state index contributed by atoms with van der Waals surface area (Å²) in [6, 6.07) is 4.39. The Labute approximate surface area is 136 Å². The van der Waals surface area contributed by atoms with Gasteiger partial charge >= 0.3 is 0 Å². The van der Waals surface area contributed by atoms with Crippen molar-refractivity contribution in [3.05, 3.63) is 24.0 Å². The third-order valence-electron chi connectivity index (χ3n) is 4.32. The number of amides is 1. The zero-order valence-corrected chi connectivity index (χ0v) is 15.0. The molecule has 3 heteroatoms. The second kappa shape index (κ2) is 10.5. The van der Waals surface area contributed by atoms with Gasteiger partial charge in [0.2, 0.25) is 5.91 Å². The highest BCUT2D eigenvalue weighted by molar-refractivity contribution is 5.76. The lowest BCUT2D eigenvalue weighted by atomic mass is 10.1. The normalized spacial score (nSPS) is 11.1. The topological polar surface area (TPSA) is 25.2 Å². The summed E-state index contributed by atoms with van der Waals surface area (Å²) in [6.07, 6.45) is 11.5. The first-order chi connectivity index (χ1) is 10.6. The van der Waals surface area contributed by atoms with E-state index < -0.39 is 0 Å². The van der Waals surface area contributed by atoms with Gasteiger partial charge in [-0.1, -0.05) is 45.4 Å². The fourth-order valence-corrected chi connectivity index (χ4v) is 2.77. The maximum atomic E-state index is 12.5. The van der Waals surface area contributed by atoms with Crippen LogP contribution in [0.4, 0.5) is 0 Å². The van der Waals surface area contributed by atoms with Crippen LogP contribution < -0.4 is 0 Å². The Morgan fingerprint density at radius 1 is 1.14 bits per heavy atom. The summed E-state index contributed by atoms with van der Waals surface area (Å²) < 4.78 is 2.09. The predicted molar refractivity (Wildman–Crippen MR) is 93.7 cm³/mol. The molecule has 0 aliphatic heterocycles. The van der Waals surface area contributed by atoms with Crippen molar-refractivity contribution >= 4 is 5.91 Å². The Bertz CT molecular complexity index is 423. The van der Waals surface area contributed by atoms with Crippen molar-refractivity contribution < 1.29 is 4.79 Å². The molecule has 0 aromatic carbocycles. The first-order valence-corrected chi connectivity index (χ1v) is 8.96. The second-order valence-corrected chi connectivity index (χ2v) is 6.60. The molecule has 0 aliphatic carbocycles. The van der Waals surface area contributed by atoms with Gasteiger partial charge in [0.05, 0.1) is 6.54 Å². The molecule has 0 saturated carbocycles. The quantitative estimate of drug-likeness (QED) is 0.534. The minimum Gasteiger partial charge on any atom is -0.353 e. The van der Waals surface area contributed by atoms with Crippen molar-refractivity contribution in [2.45, 2.75) is 84.7 Å². The zero-order valence-electron chi connectivity index (χ0n) is 15.0. The van der Waals surface area contributed by atoms with Crippen molar-refractivity contribution in [2.75, 3.05) is 0 Å². The third kappa shape index (κ3) is 6.67. The molecule has 0 radical (unpaired) electrons. The highest BCUT2D eigenvalue weighted by Gasteiger charge is 2.17. The molecule has 126 valence electrons. The average Bonchev–Trinajstić information content (AvgIpc) is 2.88. The number of aromatic nitrogens is 1. The van der Waals surface area contributed by atoms with Crippen molar-refractivity contribution in [2.24, 2.45) is 7.05 Å². The van der Waals surface area contributed by atoms with Crippen molar-refractivity contribution in [1.29, 1.82) is 0 Å². The summed E-state index contributed by atoms with van der Waals surface area (Å²) >= 11 is 0. The fourth-order valence-electron chi connectivity index (χ4n) is 2.77. The molecule has 3 nitrogen and oxygen atoms in total. The Morgan fingerprint density at radius 2 is 1.77 bits per heavy atom. The molecule has 0 atom stereocenters. The summed E-state index contributed by atoms with van der Waals surface area (Å²) in [5, 5.41) is 0. The van der Waals surface area contributed by atoms with E-state index in [1.165, 1.54) is 44.2 Å². The number of hydrogen-bond donors (Lipinski definition) is 0. The van der Waals surface area contributed by atoms with Crippen LogP contribution in [-0.4, -0.2) is 21.4 Å². The maximum absolute atomic E-state index is 12.5. The van der Waals surface area contributed by atoms with Crippen LogP contribution in [0.15, 0.2) is 18.3 Å². The lowest BCUT2D eigenvalue weighted by Crippen LogP contribution is -2.36. The van der Waals surface area contributed by atoms with Crippen molar-refractivity contribution in [3.8, 4) is 0 Å². The molecule has 1 rings (SSSR count). The van der Waals surface area contributed by atoms with Gasteiger partial charge in [0, 0.05) is 31.4 Å². The summed E-state index contributed by atoms with van der Waals surface area (Å²) in [5.41, 5.74) is 1.20. The van der Waals surface area contributed by atoms with E-state index in [1.807, 2.05) is 24.2 Å². The third-order valence-corrected chi connectivity index (χ3v) is 4.32. The Morgan fingerprint density at radius 3 is 2.32 bits per heavy atom. The molecule has 0 spiro atoms. The minimum atomic E-state index is 0.256. The first kappa shape index (κ1) is 18.8. The Hall–Kier alpha value is -1.25. The van der Waals surface area contributed by atoms with E-state index in [0.29, 0.717) is 12.3 Å². The van der Waals surface area contributed by atoms with Crippen LogP contribution in [-0.2, 0) is 18.4 Å². The van der Waals surface area contributed by atoms with Gasteiger partial charge in [-0.25, -0.2) is 0 Å². The molecule has 1 heterocycles. The number of aryl methyl sites for hydroxylation is 1. The molecule has 1 aromatic heterocycles.